The quantitative estimate of drug-likeness (QED) is 0.194. The van der Waals surface area contributed by atoms with Crippen LogP contribution >= 0.6 is 15.9 Å². The Bertz CT molecular complexity index is 1320. The van der Waals surface area contributed by atoms with Crippen molar-refractivity contribution >= 4 is 27.7 Å². The molecule has 222 valence electrons. The zero-order chi connectivity index (χ0) is 29.2. The van der Waals surface area contributed by atoms with E-state index in [0.717, 1.165) is 54.0 Å². The highest BCUT2D eigenvalue weighted by Crippen LogP contribution is 2.42. The van der Waals surface area contributed by atoms with Crippen molar-refractivity contribution in [1.82, 2.24) is 15.8 Å². The highest BCUT2D eigenvalue weighted by molar-refractivity contribution is 9.10. The van der Waals surface area contributed by atoms with E-state index >= 15 is 0 Å². The molecule has 9 nitrogen and oxygen atoms in total. The number of nitrogens with one attached hydrogen (secondary N) is 2. The Morgan fingerprint density at radius 2 is 1.79 bits per heavy atom. The molecular formula is C32H37BrN4O5. The van der Waals surface area contributed by atoms with Gasteiger partial charge in [0.2, 0.25) is 5.90 Å². The molecule has 3 N–H and O–H groups in total. The summed E-state index contributed by atoms with van der Waals surface area (Å²) in [7, 11) is 0. The first-order chi connectivity index (χ1) is 20.6. The maximum absolute atomic E-state index is 14.2. The van der Waals surface area contributed by atoms with Crippen molar-refractivity contribution in [2.24, 2.45) is 4.99 Å². The van der Waals surface area contributed by atoms with Crippen molar-refractivity contribution in [3.05, 3.63) is 100 Å². The van der Waals surface area contributed by atoms with Gasteiger partial charge in [0.25, 0.3) is 5.91 Å². The number of ether oxygens (including phenoxy) is 3. The van der Waals surface area contributed by atoms with Gasteiger partial charge < -0.3 is 19.3 Å². The van der Waals surface area contributed by atoms with Crippen LogP contribution < -0.4 is 15.6 Å². The zero-order valence-corrected chi connectivity index (χ0v) is 25.1. The molecule has 0 saturated carbocycles. The van der Waals surface area contributed by atoms with Gasteiger partial charge in [-0.15, -0.1) is 0 Å². The van der Waals surface area contributed by atoms with Crippen LogP contribution in [0.25, 0.3) is 0 Å². The Hall–Kier alpha value is -3.28. The van der Waals surface area contributed by atoms with Crippen LogP contribution in [-0.4, -0.2) is 80.0 Å². The number of hydrazine groups is 1. The van der Waals surface area contributed by atoms with E-state index in [9.17, 15) is 4.79 Å². The fourth-order valence-corrected chi connectivity index (χ4v) is 5.38. The fraction of sp³-hybridized carbons (Fsp3) is 0.375. The number of halogens is 1. The molecule has 5 rings (SSSR count). The Kier molecular flexibility index (Phi) is 10.6. The molecule has 0 spiro atoms. The van der Waals surface area contributed by atoms with Crippen molar-refractivity contribution in [2.75, 3.05) is 52.6 Å². The van der Waals surface area contributed by atoms with Crippen LogP contribution in [0.4, 0.5) is 0 Å². The third-order valence-electron chi connectivity index (χ3n) is 7.38. The van der Waals surface area contributed by atoms with E-state index in [1.807, 2.05) is 78.9 Å². The number of benzene rings is 3. The van der Waals surface area contributed by atoms with E-state index in [1.165, 1.54) is 0 Å². The smallest absolute Gasteiger partial charge is 0.266 e. The lowest BCUT2D eigenvalue weighted by Gasteiger charge is -2.31. The number of aliphatic hydroxyl groups is 1. The number of aliphatic hydroxyl groups excluding tert-OH is 1. The zero-order valence-electron chi connectivity index (χ0n) is 23.5. The largest absolute Gasteiger partial charge is 0.494 e. The lowest BCUT2D eigenvalue weighted by molar-refractivity contribution is -0.130. The van der Waals surface area contributed by atoms with Gasteiger partial charge >= 0.3 is 0 Å². The van der Waals surface area contributed by atoms with E-state index in [-0.39, 0.29) is 12.5 Å². The molecule has 2 heterocycles. The van der Waals surface area contributed by atoms with E-state index < -0.39 is 11.6 Å². The van der Waals surface area contributed by atoms with Crippen LogP contribution in [-0.2, 0) is 20.7 Å². The van der Waals surface area contributed by atoms with E-state index in [4.69, 9.17) is 24.3 Å². The first-order valence-electron chi connectivity index (χ1n) is 14.3. The van der Waals surface area contributed by atoms with Crippen LogP contribution in [0.1, 0.15) is 29.2 Å². The van der Waals surface area contributed by atoms with Crippen LogP contribution in [0.15, 0.2) is 88.3 Å². The molecule has 0 radical (unpaired) electrons. The van der Waals surface area contributed by atoms with Crippen molar-refractivity contribution in [2.45, 2.75) is 24.5 Å². The lowest BCUT2D eigenvalue weighted by atomic mass is 9.82. The van der Waals surface area contributed by atoms with Gasteiger partial charge in [-0.05, 0) is 47.5 Å². The number of hydrogen-bond donors (Lipinski definition) is 3. The minimum atomic E-state index is -1.27. The second-order valence-corrected chi connectivity index (χ2v) is 11.3. The van der Waals surface area contributed by atoms with E-state index in [0.29, 0.717) is 37.6 Å². The monoisotopic (exact) mass is 636 g/mol. The highest BCUT2D eigenvalue weighted by Gasteiger charge is 2.53. The summed E-state index contributed by atoms with van der Waals surface area (Å²) >= 11 is 3.52. The van der Waals surface area contributed by atoms with Gasteiger partial charge in [-0.25, -0.2) is 10.4 Å². The Labute approximate surface area is 255 Å². The maximum Gasteiger partial charge on any atom is 0.266 e. The summed E-state index contributed by atoms with van der Waals surface area (Å²) in [6.45, 7) is 5.11. The third-order valence-corrected chi connectivity index (χ3v) is 7.91. The number of nitrogens with zero attached hydrogens (tertiary/aromatic N) is 2. The van der Waals surface area contributed by atoms with Gasteiger partial charge in [-0.3, -0.25) is 15.1 Å². The molecule has 1 fully saturated rings. The fourth-order valence-electron chi connectivity index (χ4n) is 5.12. The van der Waals surface area contributed by atoms with Gasteiger partial charge in [0, 0.05) is 55.7 Å². The van der Waals surface area contributed by atoms with E-state index in [1.54, 1.807) is 0 Å². The highest BCUT2D eigenvalue weighted by atomic mass is 79.9. The van der Waals surface area contributed by atoms with Gasteiger partial charge in [-0.2, -0.15) is 0 Å². The molecule has 2 atom stereocenters. The third kappa shape index (κ3) is 7.56. The number of aliphatic imine (C=N–C) groups is 1. The summed E-state index contributed by atoms with van der Waals surface area (Å²) in [6.07, 6.45) is 0.240. The Balaban J connectivity index is 1.44. The molecule has 3 aromatic carbocycles. The summed E-state index contributed by atoms with van der Waals surface area (Å²) in [5.74, 6) is 0.817. The van der Waals surface area contributed by atoms with Crippen molar-refractivity contribution in [1.29, 1.82) is 0 Å². The molecule has 0 aromatic heterocycles. The number of carbonyl (C=O) groups excluding carboxylic acids is 1. The van der Waals surface area contributed by atoms with Crippen molar-refractivity contribution < 1.29 is 24.1 Å². The molecule has 3 aromatic rings. The molecule has 0 aliphatic carbocycles. The van der Waals surface area contributed by atoms with Gasteiger partial charge in [0.05, 0.1) is 19.8 Å². The van der Waals surface area contributed by atoms with Crippen molar-refractivity contribution in [3.63, 3.8) is 0 Å². The van der Waals surface area contributed by atoms with Crippen molar-refractivity contribution in [3.8, 4) is 5.75 Å². The second-order valence-electron chi connectivity index (χ2n) is 10.3. The Morgan fingerprint density at radius 1 is 1.05 bits per heavy atom. The minimum Gasteiger partial charge on any atom is -0.494 e. The second kappa shape index (κ2) is 14.8. The van der Waals surface area contributed by atoms with Crippen LogP contribution in [0.3, 0.4) is 0 Å². The maximum atomic E-state index is 14.2. The standard InChI is InChI=1S/C32H37BrN4O5/c33-27-11-7-25(8-12-27)29-32(23-24-5-2-1-3-6-24,31(39)36-34-15-16-37-17-21-40-22-18-37)35-30(42-29)26-9-13-28(14-10-26)41-20-4-19-38/h1-3,5-14,29,34,38H,4,15-23H2,(H,36,39)/t29-,32-/m0/s1. The summed E-state index contributed by atoms with van der Waals surface area (Å²) in [4.78, 5) is 21.6. The number of morpholine rings is 1. The van der Waals surface area contributed by atoms with Gasteiger partial charge in [0.1, 0.15) is 5.75 Å². The lowest BCUT2D eigenvalue weighted by Crippen LogP contribution is -2.55. The van der Waals surface area contributed by atoms with Crippen LogP contribution in [0.5, 0.6) is 5.75 Å². The SMILES string of the molecule is O=C(NNCCN1CCOCC1)[C@@]1(Cc2ccccc2)N=C(c2ccc(OCCCO)cc2)O[C@H]1c1ccc(Br)cc1. The molecule has 0 bridgehead atoms. The molecule has 1 saturated heterocycles. The predicted octanol–water partition coefficient (Wildman–Crippen LogP) is 3.66. The average molecular weight is 638 g/mol. The van der Waals surface area contributed by atoms with E-state index in [2.05, 4.69) is 31.7 Å². The minimum absolute atomic E-state index is 0.0772. The Morgan fingerprint density at radius 3 is 2.50 bits per heavy atom. The summed E-state index contributed by atoms with van der Waals surface area (Å²) in [5.41, 5.74) is 7.40. The normalized spacial score (nSPS) is 20.5. The van der Waals surface area contributed by atoms with Crippen LogP contribution in [0.2, 0.25) is 0 Å². The van der Waals surface area contributed by atoms with Gasteiger partial charge in [0.15, 0.2) is 11.6 Å². The first kappa shape index (κ1) is 30.2. The molecule has 42 heavy (non-hydrogen) atoms. The van der Waals surface area contributed by atoms with Gasteiger partial charge in [-0.1, -0.05) is 58.4 Å². The number of rotatable bonds is 13. The molecule has 0 unspecified atom stereocenters. The summed E-state index contributed by atoms with van der Waals surface area (Å²) in [6, 6.07) is 25.2. The molecule has 10 heteroatoms. The number of carbonyl (C=O) groups is 1. The molecule has 2 aliphatic heterocycles. The topological polar surface area (TPSA) is 105 Å². The molecule has 1 amide bonds. The van der Waals surface area contributed by atoms with Crippen LogP contribution in [0, 0.1) is 0 Å². The molecular weight excluding hydrogens is 600 g/mol. The number of hydrogen-bond acceptors (Lipinski definition) is 8. The molecule has 2 aliphatic rings. The summed E-state index contributed by atoms with van der Waals surface area (Å²) < 4.78 is 18.6. The summed E-state index contributed by atoms with van der Waals surface area (Å²) in [5, 5.41) is 9.03. The average Bonchev–Trinajstić information content (AvgIpc) is 3.41. The first-order valence-corrected chi connectivity index (χ1v) is 15.1. The number of amides is 1. The predicted molar refractivity (Wildman–Crippen MR) is 164 cm³/mol.